The van der Waals surface area contributed by atoms with E-state index in [0.717, 1.165) is 30.4 Å². The molecule has 1 N–H and O–H groups in total. The number of rotatable bonds is 5. The molecule has 1 aromatic heterocycles. The lowest BCUT2D eigenvalue weighted by Crippen LogP contribution is -2.32. The summed E-state index contributed by atoms with van der Waals surface area (Å²) in [6, 6.07) is 13.1. The van der Waals surface area contributed by atoms with E-state index < -0.39 is 11.1 Å². The fourth-order valence-corrected chi connectivity index (χ4v) is 3.87. The van der Waals surface area contributed by atoms with Crippen LogP contribution in [0.2, 0.25) is 0 Å². The molecule has 3 aromatic rings. The summed E-state index contributed by atoms with van der Waals surface area (Å²) in [6.07, 6.45) is 4.63. The molecule has 0 aliphatic heterocycles. The average Bonchev–Trinajstić information content (AvgIpc) is 2.63. The molecule has 0 radical (unpaired) electrons. The second kappa shape index (κ2) is 7.77. The molecule has 0 bridgehead atoms. The molecule has 0 saturated heterocycles. The molecular formula is C21H19FN2O3S. The zero-order valence-corrected chi connectivity index (χ0v) is 15.9. The average molecular weight is 398 g/mol. The van der Waals surface area contributed by atoms with E-state index in [4.69, 9.17) is 4.55 Å². The van der Waals surface area contributed by atoms with Gasteiger partial charge in [-0.15, -0.1) is 0 Å². The van der Waals surface area contributed by atoms with Crippen molar-refractivity contribution in [3.05, 3.63) is 76.5 Å². The van der Waals surface area contributed by atoms with Crippen molar-refractivity contribution in [1.29, 1.82) is 0 Å². The van der Waals surface area contributed by atoms with Crippen molar-refractivity contribution < 1.29 is 13.2 Å². The summed E-state index contributed by atoms with van der Waals surface area (Å²) in [4.78, 5) is 13.2. The van der Waals surface area contributed by atoms with Crippen LogP contribution in [0.3, 0.4) is 0 Å². The van der Waals surface area contributed by atoms with E-state index in [9.17, 15) is 13.4 Å². The van der Waals surface area contributed by atoms with Gasteiger partial charge < -0.3 is 4.55 Å². The fourth-order valence-electron chi connectivity index (χ4n) is 3.40. The van der Waals surface area contributed by atoms with Gasteiger partial charge in [-0.1, -0.05) is 36.4 Å². The van der Waals surface area contributed by atoms with E-state index in [2.05, 4.69) is 5.10 Å². The van der Waals surface area contributed by atoms with Gasteiger partial charge in [-0.2, -0.15) is 5.10 Å². The van der Waals surface area contributed by atoms with Crippen molar-refractivity contribution in [3.8, 4) is 22.3 Å². The zero-order chi connectivity index (χ0) is 19.7. The van der Waals surface area contributed by atoms with Crippen LogP contribution in [0.4, 0.5) is 4.39 Å². The van der Waals surface area contributed by atoms with Gasteiger partial charge in [0.05, 0.1) is 23.6 Å². The summed E-state index contributed by atoms with van der Waals surface area (Å²) >= 11 is -1.91. The van der Waals surface area contributed by atoms with Gasteiger partial charge in [0, 0.05) is 5.56 Å². The number of aromatic nitrogens is 2. The molecule has 5 nitrogen and oxygen atoms in total. The van der Waals surface area contributed by atoms with Crippen LogP contribution >= 0.6 is 0 Å². The first-order valence-electron chi connectivity index (χ1n) is 9.07. The van der Waals surface area contributed by atoms with E-state index in [0.29, 0.717) is 16.7 Å². The molecule has 1 aliphatic carbocycles. The Kier molecular flexibility index (Phi) is 5.19. The first kappa shape index (κ1) is 18.7. The first-order valence-corrected chi connectivity index (χ1v) is 10.3. The van der Waals surface area contributed by atoms with E-state index >= 15 is 0 Å². The molecule has 28 heavy (non-hydrogen) atoms. The Morgan fingerprint density at radius 1 is 1.07 bits per heavy atom. The Hall–Kier alpha value is -2.64. The lowest BCUT2D eigenvalue weighted by atomic mass is 9.92. The quantitative estimate of drug-likeness (QED) is 0.655. The summed E-state index contributed by atoms with van der Waals surface area (Å²) in [7, 11) is 0. The third kappa shape index (κ3) is 3.68. The highest BCUT2D eigenvalue weighted by molar-refractivity contribution is 7.78. The number of nitrogens with zero attached hydrogens (tertiary/aromatic N) is 2. The standard InChI is InChI=1S/C21H19FN2O3S/c22-17-10-8-16(9-11-17)20-19(12-23-24(21(20)25)18-2-1-3-18)15-6-4-14(5-7-15)13-28(26)27/h4-12,18H,1-3,13H2,(H,26,27). The Labute approximate surface area is 164 Å². The van der Waals surface area contributed by atoms with Gasteiger partial charge in [0.1, 0.15) is 5.82 Å². The second-order valence-electron chi connectivity index (χ2n) is 6.94. The number of hydrogen-bond donors (Lipinski definition) is 1. The minimum Gasteiger partial charge on any atom is -0.306 e. The van der Waals surface area contributed by atoms with Crippen molar-refractivity contribution in [2.75, 3.05) is 0 Å². The van der Waals surface area contributed by atoms with Crippen molar-refractivity contribution in [1.82, 2.24) is 9.78 Å². The van der Waals surface area contributed by atoms with Crippen LogP contribution in [-0.2, 0) is 16.8 Å². The van der Waals surface area contributed by atoms with Crippen LogP contribution in [0.15, 0.2) is 59.5 Å². The van der Waals surface area contributed by atoms with E-state index in [1.165, 1.54) is 16.8 Å². The molecule has 1 atom stereocenters. The summed E-state index contributed by atoms with van der Waals surface area (Å²) in [5, 5.41) is 4.39. The van der Waals surface area contributed by atoms with Crippen molar-refractivity contribution in [3.63, 3.8) is 0 Å². The van der Waals surface area contributed by atoms with Gasteiger partial charge in [-0.05, 0) is 48.1 Å². The molecule has 4 rings (SSSR count). The van der Waals surface area contributed by atoms with Gasteiger partial charge in [0.15, 0.2) is 11.1 Å². The molecule has 1 unspecified atom stereocenters. The van der Waals surface area contributed by atoms with Crippen LogP contribution < -0.4 is 5.56 Å². The highest BCUT2D eigenvalue weighted by Gasteiger charge is 2.24. The monoisotopic (exact) mass is 398 g/mol. The number of halogens is 1. The van der Waals surface area contributed by atoms with Crippen molar-refractivity contribution in [2.24, 2.45) is 0 Å². The van der Waals surface area contributed by atoms with Crippen molar-refractivity contribution in [2.45, 2.75) is 31.1 Å². The minimum absolute atomic E-state index is 0.0482. The van der Waals surface area contributed by atoms with Crippen LogP contribution in [0.25, 0.3) is 22.3 Å². The van der Waals surface area contributed by atoms with Crippen LogP contribution in [0.5, 0.6) is 0 Å². The fraction of sp³-hybridized carbons (Fsp3) is 0.238. The third-order valence-electron chi connectivity index (χ3n) is 5.11. The lowest BCUT2D eigenvalue weighted by molar-refractivity contribution is 0.279. The molecule has 144 valence electrons. The SMILES string of the molecule is O=c1c(-c2ccc(F)cc2)c(-c2ccc(CS(=O)O)cc2)cnn1C1CCC1. The normalized spacial score (nSPS) is 15.2. The molecule has 1 aliphatic rings. The maximum absolute atomic E-state index is 13.4. The second-order valence-corrected chi connectivity index (χ2v) is 7.87. The van der Waals surface area contributed by atoms with Crippen LogP contribution in [-0.4, -0.2) is 18.5 Å². The van der Waals surface area contributed by atoms with Crippen molar-refractivity contribution >= 4 is 11.1 Å². The summed E-state index contributed by atoms with van der Waals surface area (Å²) in [5.74, 6) is -0.313. The summed E-state index contributed by atoms with van der Waals surface area (Å²) < 4.78 is 35.0. The maximum Gasteiger partial charge on any atom is 0.275 e. The largest absolute Gasteiger partial charge is 0.306 e. The Bertz CT molecular complexity index is 1070. The lowest BCUT2D eigenvalue weighted by Gasteiger charge is -2.27. The van der Waals surface area contributed by atoms with E-state index in [-0.39, 0.29) is 23.2 Å². The van der Waals surface area contributed by atoms with Gasteiger partial charge >= 0.3 is 0 Å². The maximum atomic E-state index is 13.4. The number of benzene rings is 2. The molecule has 0 amide bonds. The molecular weight excluding hydrogens is 379 g/mol. The van der Waals surface area contributed by atoms with E-state index in [1.54, 1.807) is 42.6 Å². The zero-order valence-electron chi connectivity index (χ0n) is 15.0. The Morgan fingerprint density at radius 2 is 1.71 bits per heavy atom. The molecule has 0 spiro atoms. The van der Waals surface area contributed by atoms with Crippen LogP contribution in [0, 0.1) is 5.82 Å². The summed E-state index contributed by atoms with van der Waals surface area (Å²) in [6.45, 7) is 0. The topological polar surface area (TPSA) is 72.2 Å². The molecule has 7 heteroatoms. The number of hydrogen-bond acceptors (Lipinski definition) is 3. The molecule has 1 saturated carbocycles. The Balaban J connectivity index is 1.84. The van der Waals surface area contributed by atoms with Gasteiger partial charge in [0.2, 0.25) is 0 Å². The predicted molar refractivity (Wildman–Crippen MR) is 107 cm³/mol. The molecule has 1 heterocycles. The van der Waals surface area contributed by atoms with Crippen LogP contribution in [0.1, 0.15) is 30.9 Å². The van der Waals surface area contributed by atoms with Gasteiger partial charge in [-0.3, -0.25) is 4.79 Å². The Morgan fingerprint density at radius 3 is 2.29 bits per heavy atom. The van der Waals surface area contributed by atoms with E-state index in [1.807, 2.05) is 0 Å². The first-order chi connectivity index (χ1) is 13.5. The predicted octanol–water partition coefficient (Wildman–Crippen LogP) is 4.16. The highest BCUT2D eigenvalue weighted by atomic mass is 32.2. The van der Waals surface area contributed by atoms with Gasteiger partial charge in [0.25, 0.3) is 5.56 Å². The smallest absolute Gasteiger partial charge is 0.275 e. The molecule has 2 aromatic carbocycles. The van der Waals surface area contributed by atoms with Gasteiger partial charge in [-0.25, -0.2) is 13.3 Å². The minimum atomic E-state index is -1.91. The molecule has 1 fully saturated rings. The highest BCUT2D eigenvalue weighted by Crippen LogP contribution is 2.33. The summed E-state index contributed by atoms with van der Waals surface area (Å²) in [5.41, 5.74) is 3.09. The third-order valence-corrected chi connectivity index (χ3v) is 5.69.